The van der Waals surface area contributed by atoms with Gasteiger partial charge in [-0.15, -0.1) is 0 Å². The summed E-state index contributed by atoms with van der Waals surface area (Å²) < 4.78 is 26.4. The highest BCUT2D eigenvalue weighted by Crippen LogP contribution is 2.19. The van der Waals surface area contributed by atoms with E-state index >= 15 is 0 Å². The second-order valence-electron chi connectivity index (χ2n) is 3.49. The quantitative estimate of drug-likeness (QED) is 0.925. The number of rotatable bonds is 4. The largest absolute Gasteiger partial charge is 0.265 e. The van der Waals surface area contributed by atoms with Crippen molar-refractivity contribution in [2.75, 3.05) is 0 Å². The fourth-order valence-corrected chi connectivity index (χ4v) is 2.76. The highest BCUT2D eigenvalue weighted by molar-refractivity contribution is 7.89. The average molecular weight is 284 g/mol. The van der Waals surface area contributed by atoms with E-state index in [0.717, 1.165) is 5.56 Å². The molecule has 0 spiro atoms. The van der Waals surface area contributed by atoms with E-state index in [9.17, 15) is 8.42 Å². The van der Waals surface area contributed by atoms with E-state index in [2.05, 4.69) is 14.7 Å². The molecule has 0 bridgehead atoms. The van der Waals surface area contributed by atoms with Gasteiger partial charge in [0.05, 0.1) is 5.02 Å². The van der Waals surface area contributed by atoms with Crippen LogP contribution in [0.4, 0.5) is 0 Å². The van der Waals surface area contributed by atoms with Crippen LogP contribution in [0.15, 0.2) is 47.9 Å². The average Bonchev–Trinajstić information content (AvgIpc) is 2.38. The minimum absolute atomic E-state index is 0.0271. The van der Waals surface area contributed by atoms with E-state index in [4.69, 9.17) is 11.6 Å². The van der Waals surface area contributed by atoms with Crippen LogP contribution in [0.5, 0.6) is 0 Å². The number of aromatic nitrogens is 2. The molecule has 5 nitrogen and oxygen atoms in total. The van der Waals surface area contributed by atoms with Gasteiger partial charge >= 0.3 is 0 Å². The van der Waals surface area contributed by atoms with Gasteiger partial charge in [-0.3, -0.25) is 9.97 Å². The van der Waals surface area contributed by atoms with E-state index in [0.29, 0.717) is 0 Å². The van der Waals surface area contributed by atoms with Crippen molar-refractivity contribution in [3.8, 4) is 0 Å². The smallest absolute Gasteiger partial charge is 0.243 e. The predicted molar refractivity (Wildman–Crippen MR) is 67.5 cm³/mol. The third-order valence-electron chi connectivity index (χ3n) is 2.24. The molecule has 7 heteroatoms. The molecule has 0 aromatic carbocycles. The Bertz CT molecular complexity index is 632. The lowest BCUT2D eigenvalue weighted by Gasteiger charge is -2.07. The molecule has 94 valence electrons. The fourth-order valence-electron chi connectivity index (χ4n) is 1.32. The van der Waals surface area contributed by atoms with Crippen molar-refractivity contribution < 1.29 is 8.42 Å². The molecule has 0 aliphatic rings. The molecular formula is C11H10ClN3O2S. The van der Waals surface area contributed by atoms with Crippen LogP contribution in [0.1, 0.15) is 5.56 Å². The van der Waals surface area contributed by atoms with E-state index < -0.39 is 10.0 Å². The van der Waals surface area contributed by atoms with Gasteiger partial charge in [-0.05, 0) is 23.8 Å². The summed E-state index contributed by atoms with van der Waals surface area (Å²) in [6, 6.07) is 4.89. The van der Waals surface area contributed by atoms with Crippen LogP contribution in [0.3, 0.4) is 0 Å². The van der Waals surface area contributed by atoms with Crippen molar-refractivity contribution in [1.82, 2.24) is 14.7 Å². The number of hydrogen-bond donors (Lipinski definition) is 1. The first-order valence-electron chi connectivity index (χ1n) is 5.08. The van der Waals surface area contributed by atoms with Crippen molar-refractivity contribution in [2.45, 2.75) is 11.4 Å². The van der Waals surface area contributed by atoms with Crippen LogP contribution in [0.2, 0.25) is 5.02 Å². The topological polar surface area (TPSA) is 72.0 Å². The Morgan fingerprint density at radius 1 is 1.11 bits per heavy atom. The number of halogens is 1. The molecule has 0 radical (unpaired) electrons. The molecule has 2 rings (SSSR count). The molecule has 0 atom stereocenters. The van der Waals surface area contributed by atoms with Crippen molar-refractivity contribution in [3.05, 3.63) is 53.6 Å². The van der Waals surface area contributed by atoms with Gasteiger partial charge in [0.1, 0.15) is 4.90 Å². The molecule has 18 heavy (non-hydrogen) atoms. The SMILES string of the molecule is O=S(=O)(NCc1ccncc1)c1cnccc1Cl. The zero-order valence-electron chi connectivity index (χ0n) is 9.25. The standard InChI is InChI=1S/C11H10ClN3O2S/c12-10-3-6-14-8-11(10)18(16,17)15-7-9-1-4-13-5-2-9/h1-6,8,15H,7H2. The molecule has 0 unspecified atom stereocenters. The zero-order chi connectivity index (χ0) is 13.0. The minimum atomic E-state index is -3.65. The lowest BCUT2D eigenvalue weighted by molar-refractivity contribution is 0.581. The van der Waals surface area contributed by atoms with Gasteiger partial charge in [-0.2, -0.15) is 0 Å². The fraction of sp³-hybridized carbons (Fsp3) is 0.0909. The molecule has 2 aromatic rings. The molecular weight excluding hydrogens is 274 g/mol. The summed E-state index contributed by atoms with van der Waals surface area (Å²) in [5.41, 5.74) is 0.814. The number of hydrogen-bond acceptors (Lipinski definition) is 4. The molecule has 1 N–H and O–H groups in total. The Morgan fingerprint density at radius 2 is 1.78 bits per heavy atom. The molecule has 0 fully saturated rings. The van der Waals surface area contributed by atoms with Crippen molar-refractivity contribution in [3.63, 3.8) is 0 Å². The minimum Gasteiger partial charge on any atom is -0.265 e. The third kappa shape index (κ3) is 3.04. The summed E-state index contributed by atoms with van der Waals surface area (Å²) in [6.45, 7) is 0.177. The summed E-state index contributed by atoms with van der Waals surface area (Å²) in [5, 5.41) is 0.146. The van der Waals surface area contributed by atoms with Gasteiger partial charge in [-0.1, -0.05) is 11.6 Å². The van der Waals surface area contributed by atoms with Gasteiger partial charge in [0.25, 0.3) is 0 Å². The first kappa shape index (κ1) is 12.9. The van der Waals surface area contributed by atoms with Gasteiger partial charge in [0.15, 0.2) is 0 Å². The lowest BCUT2D eigenvalue weighted by atomic mass is 10.3. The molecule has 0 aliphatic heterocycles. The zero-order valence-corrected chi connectivity index (χ0v) is 10.8. The molecule has 0 amide bonds. The summed E-state index contributed by atoms with van der Waals surface area (Å²) in [5.74, 6) is 0. The summed E-state index contributed by atoms with van der Waals surface area (Å²) in [4.78, 5) is 7.58. The number of pyridine rings is 2. The van der Waals surface area contributed by atoms with Gasteiger partial charge in [0, 0.05) is 31.3 Å². The summed E-state index contributed by atoms with van der Waals surface area (Å²) in [6.07, 6.45) is 5.85. The first-order valence-corrected chi connectivity index (χ1v) is 6.94. The highest BCUT2D eigenvalue weighted by atomic mass is 35.5. The first-order chi connectivity index (χ1) is 8.59. The van der Waals surface area contributed by atoms with Crippen LogP contribution < -0.4 is 4.72 Å². The molecule has 0 saturated carbocycles. The van der Waals surface area contributed by atoms with Crippen LogP contribution >= 0.6 is 11.6 Å². The molecule has 0 aliphatic carbocycles. The van der Waals surface area contributed by atoms with Crippen molar-refractivity contribution >= 4 is 21.6 Å². The molecule has 2 heterocycles. The van der Waals surface area contributed by atoms with E-state index in [1.165, 1.54) is 18.5 Å². The second kappa shape index (κ2) is 5.43. The Labute approximate surface area is 110 Å². The van der Waals surface area contributed by atoms with Crippen LogP contribution in [0.25, 0.3) is 0 Å². The maximum atomic E-state index is 12.0. The predicted octanol–water partition coefficient (Wildman–Crippen LogP) is 1.61. The number of nitrogens with zero attached hydrogens (tertiary/aromatic N) is 2. The molecule has 0 saturated heterocycles. The monoisotopic (exact) mass is 283 g/mol. The lowest BCUT2D eigenvalue weighted by Crippen LogP contribution is -2.23. The van der Waals surface area contributed by atoms with E-state index in [-0.39, 0.29) is 16.5 Å². The van der Waals surface area contributed by atoms with Crippen LogP contribution in [-0.4, -0.2) is 18.4 Å². The van der Waals surface area contributed by atoms with Crippen molar-refractivity contribution in [2.24, 2.45) is 0 Å². The maximum Gasteiger partial charge on any atom is 0.243 e. The number of sulfonamides is 1. The highest BCUT2D eigenvalue weighted by Gasteiger charge is 2.17. The van der Waals surface area contributed by atoms with Crippen LogP contribution in [-0.2, 0) is 16.6 Å². The summed E-state index contributed by atoms with van der Waals surface area (Å²) in [7, 11) is -3.65. The van der Waals surface area contributed by atoms with Crippen LogP contribution in [0, 0.1) is 0 Å². The van der Waals surface area contributed by atoms with Crippen molar-refractivity contribution in [1.29, 1.82) is 0 Å². The summed E-state index contributed by atoms with van der Waals surface area (Å²) >= 11 is 5.82. The Hall–Kier alpha value is -1.50. The Morgan fingerprint density at radius 3 is 2.44 bits per heavy atom. The van der Waals surface area contributed by atoms with Gasteiger partial charge in [0.2, 0.25) is 10.0 Å². The molecule has 2 aromatic heterocycles. The Balaban J connectivity index is 2.16. The van der Waals surface area contributed by atoms with Gasteiger partial charge < -0.3 is 0 Å². The van der Waals surface area contributed by atoms with E-state index in [1.807, 2.05) is 0 Å². The van der Waals surface area contributed by atoms with E-state index in [1.54, 1.807) is 24.5 Å². The third-order valence-corrected chi connectivity index (χ3v) is 4.11. The maximum absolute atomic E-state index is 12.0. The number of nitrogens with one attached hydrogen (secondary N) is 1. The van der Waals surface area contributed by atoms with Gasteiger partial charge in [-0.25, -0.2) is 13.1 Å². The second-order valence-corrected chi connectivity index (χ2v) is 5.63. The Kier molecular flexibility index (Phi) is 3.90. The normalized spacial score (nSPS) is 11.4.